The maximum atomic E-state index is 11.8. The molecule has 0 aliphatic heterocycles. The van der Waals surface area contributed by atoms with E-state index in [0.717, 1.165) is 35.8 Å². The van der Waals surface area contributed by atoms with E-state index in [9.17, 15) is 9.90 Å². The van der Waals surface area contributed by atoms with Gasteiger partial charge in [-0.1, -0.05) is 37.3 Å². The molecule has 0 fully saturated rings. The second-order valence-electron chi connectivity index (χ2n) is 6.73. The summed E-state index contributed by atoms with van der Waals surface area (Å²) in [6.07, 6.45) is 2.76. The van der Waals surface area contributed by atoms with Gasteiger partial charge in [0.2, 0.25) is 0 Å². The summed E-state index contributed by atoms with van der Waals surface area (Å²) in [5.74, 6) is 0.171. The molecule has 0 unspecified atom stereocenters. The van der Waals surface area contributed by atoms with E-state index in [4.69, 9.17) is 4.42 Å². The fourth-order valence-electron chi connectivity index (χ4n) is 3.15. The molecule has 4 nitrogen and oxygen atoms in total. The van der Waals surface area contributed by atoms with Crippen LogP contribution in [-0.2, 0) is 19.4 Å². The van der Waals surface area contributed by atoms with Crippen LogP contribution in [0.25, 0.3) is 11.0 Å². The van der Waals surface area contributed by atoms with Crippen molar-refractivity contribution in [3.63, 3.8) is 0 Å². The van der Waals surface area contributed by atoms with Crippen LogP contribution < -0.4 is 10.9 Å². The Bertz CT molecular complexity index is 931. The second kappa shape index (κ2) is 8.19. The second-order valence-corrected chi connectivity index (χ2v) is 6.73. The molecule has 0 saturated heterocycles. The minimum atomic E-state index is -0.394. The van der Waals surface area contributed by atoms with E-state index in [-0.39, 0.29) is 5.75 Å². The zero-order valence-electron chi connectivity index (χ0n) is 15.3. The lowest BCUT2D eigenvalue weighted by atomic mass is 10.0. The number of phenols is 1. The SMILES string of the molecule is CCc1cc2c(CN[C@@H](C)CCc3ccccc3)cc(=O)oc2cc1O. The van der Waals surface area contributed by atoms with E-state index < -0.39 is 5.63 Å². The highest BCUT2D eigenvalue weighted by molar-refractivity contribution is 5.82. The normalized spacial score (nSPS) is 12.4. The minimum Gasteiger partial charge on any atom is -0.508 e. The molecule has 0 bridgehead atoms. The van der Waals surface area contributed by atoms with Gasteiger partial charge in [-0.25, -0.2) is 4.79 Å². The predicted molar refractivity (Wildman–Crippen MR) is 105 cm³/mol. The first-order valence-corrected chi connectivity index (χ1v) is 9.12. The molecule has 0 aliphatic rings. The van der Waals surface area contributed by atoms with Crippen LogP contribution >= 0.6 is 0 Å². The third-order valence-corrected chi connectivity index (χ3v) is 4.76. The van der Waals surface area contributed by atoms with Gasteiger partial charge in [-0.3, -0.25) is 0 Å². The molecule has 3 aromatic rings. The third kappa shape index (κ3) is 4.33. The number of hydrogen-bond donors (Lipinski definition) is 2. The molecule has 0 spiro atoms. The van der Waals surface area contributed by atoms with E-state index in [1.165, 1.54) is 17.7 Å². The maximum Gasteiger partial charge on any atom is 0.336 e. The van der Waals surface area contributed by atoms with Crippen molar-refractivity contribution < 1.29 is 9.52 Å². The van der Waals surface area contributed by atoms with Crippen molar-refractivity contribution in [3.8, 4) is 5.75 Å². The predicted octanol–water partition coefficient (Wildman–Crippen LogP) is 4.17. The fourth-order valence-corrected chi connectivity index (χ4v) is 3.15. The largest absolute Gasteiger partial charge is 0.508 e. The van der Waals surface area contributed by atoms with E-state index in [2.05, 4.69) is 36.5 Å². The number of aromatic hydroxyl groups is 1. The van der Waals surface area contributed by atoms with Gasteiger partial charge in [-0.2, -0.15) is 0 Å². The molecule has 0 radical (unpaired) electrons. The Morgan fingerprint density at radius 3 is 2.62 bits per heavy atom. The van der Waals surface area contributed by atoms with Gasteiger partial charge < -0.3 is 14.8 Å². The molecule has 0 aliphatic carbocycles. The van der Waals surface area contributed by atoms with Gasteiger partial charge in [0.15, 0.2) is 0 Å². The first-order valence-electron chi connectivity index (χ1n) is 9.12. The van der Waals surface area contributed by atoms with Crippen LogP contribution in [0.15, 0.2) is 57.7 Å². The zero-order chi connectivity index (χ0) is 18.5. The number of rotatable bonds is 7. The fraction of sp³-hybridized carbons (Fsp3) is 0.318. The summed E-state index contributed by atoms with van der Waals surface area (Å²) >= 11 is 0. The Labute approximate surface area is 153 Å². The molecular weight excluding hydrogens is 326 g/mol. The van der Waals surface area contributed by atoms with Gasteiger partial charge in [0, 0.05) is 30.1 Å². The highest BCUT2D eigenvalue weighted by Gasteiger charge is 2.11. The maximum absolute atomic E-state index is 11.8. The van der Waals surface area contributed by atoms with Gasteiger partial charge in [0.25, 0.3) is 0 Å². The minimum absolute atomic E-state index is 0.171. The smallest absolute Gasteiger partial charge is 0.336 e. The standard InChI is InChI=1S/C22H25NO3/c1-3-17-11-19-18(12-22(25)26-21(19)13-20(17)24)14-23-15(2)9-10-16-7-5-4-6-8-16/h4-8,11-13,15,23-24H,3,9-10,14H2,1-2H3/t15-/m0/s1. The number of fused-ring (bicyclic) bond motifs is 1. The Morgan fingerprint density at radius 2 is 1.88 bits per heavy atom. The van der Waals surface area contributed by atoms with Crippen LogP contribution in [0.4, 0.5) is 0 Å². The topological polar surface area (TPSA) is 62.5 Å². The zero-order valence-corrected chi connectivity index (χ0v) is 15.3. The van der Waals surface area contributed by atoms with Crippen molar-refractivity contribution >= 4 is 11.0 Å². The summed E-state index contributed by atoms with van der Waals surface area (Å²) in [4.78, 5) is 11.8. The van der Waals surface area contributed by atoms with E-state index in [0.29, 0.717) is 18.2 Å². The Kier molecular flexibility index (Phi) is 5.74. The summed E-state index contributed by atoms with van der Waals surface area (Å²) in [5, 5.41) is 14.4. The Hall–Kier alpha value is -2.59. The quantitative estimate of drug-likeness (QED) is 0.627. The van der Waals surface area contributed by atoms with Crippen molar-refractivity contribution in [1.29, 1.82) is 0 Å². The summed E-state index contributed by atoms with van der Waals surface area (Å²) in [5.41, 5.74) is 3.12. The molecule has 0 amide bonds. The van der Waals surface area contributed by atoms with Gasteiger partial charge in [-0.05, 0) is 48.9 Å². The summed E-state index contributed by atoms with van der Waals surface area (Å²) in [6, 6.07) is 15.7. The molecule has 1 aromatic heterocycles. The lowest BCUT2D eigenvalue weighted by Crippen LogP contribution is -2.26. The van der Waals surface area contributed by atoms with Gasteiger partial charge in [0.05, 0.1) is 0 Å². The molecule has 2 N–H and O–H groups in total. The molecule has 26 heavy (non-hydrogen) atoms. The van der Waals surface area contributed by atoms with Crippen molar-refractivity contribution in [1.82, 2.24) is 5.32 Å². The highest BCUT2D eigenvalue weighted by Crippen LogP contribution is 2.27. The molecule has 2 aromatic carbocycles. The molecule has 1 heterocycles. The first kappa shape index (κ1) is 18.2. The van der Waals surface area contributed by atoms with Gasteiger partial charge in [-0.15, -0.1) is 0 Å². The molecular formula is C22H25NO3. The van der Waals surface area contributed by atoms with Crippen molar-refractivity contribution in [2.45, 2.75) is 45.7 Å². The van der Waals surface area contributed by atoms with Crippen LogP contribution in [0.2, 0.25) is 0 Å². The summed E-state index contributed by atoms with van der Waals surface area (Å²) < 4.78 is 5.25. The van der Waals surface area contributed by atoms with Crippen molar-refractivity contribution in [2.24, 2.45) is 0 Å². The average Bonchev–Trinajstić information content (AvgIpc) is 2.64. The van der Waals surface area contributed by atoms with Crippen LogP contribution in [0, 0.1) is 0 Å². The lowest BCUT2D eigenvalue weighted by Gasteiger charge is -2.15. The van der Waals surface area contributed by atoms with E-state index in [1.807, 2.05) is 19.1 Å². The van der Waals surface area contributed by atoms with Gasteiger partial charge in [0.1, 0.15) is 11.3 Å². The third-order valence-electron chi connectivity index (χ3n) is 4.76. The molecule has 4 heteroatoms. The molecule has 136 valence electrons. The summed E-state index contributed by atoms with van der Waals surface area (Å²) in [6.45, 7) is 4.73. The van der Waals surface area contributed by atoms with E-state index >= 15 is 0 Å². The number of phenolic OH excluding ortho intramolecular Hbond substituents is 1. The number of benzene rings is 2. The van der Waals surface area contributed by atoms with Crippen LogP contribution in [0.3, 0.4) is 0 Å². The van der Waals surface area contributed by atoms with Crippen LogP contribution in [0.1, 0.15) is 37.0 Å². The lowest BCUT2D eigenvalue weighted by molar-refractivity contribution is 0.466. The van der Waals surface area contributed by atoms with Crippen LogP contribution in [0.5, 0.6) is 5.75 Å². The monoisotopic (exact) mass is 351 g/mol. The van der Waals surface area contributed by atoms with Crippen molar-refractivity contribution in [3.05, 3.63) is 75.6 Å². The summed E-state index contributed by atoms with van der Waals surface area (Å²) in [7, 11) is 0. The highest BCUT2D eigenvalue weighted by atomic mass is 16.4. The average molecular weight is 351 g/mol. The Balaban J connectivity index is 1.72. The molecule has 1 atom stereocenters. The molecule has 3 rings (SSSR count). The number of aryl methyl sites for hydroxylation is 2. The number of hydrogen-bond acceptors (Lipinski definition) is 4. The Morgan fingerprint density at radius 1 is 1.12 bits per heavy atom. The van der Waals surface area contributed by atoms with Crippen molar-refractivity contribution in [2.75, 3.05) is 0 Å². The first-order chi connectivity index (χ1) is 12.6. The van der Waals surface area contributed by atoms with Gasteiger partial charge >= 0.3 is 5.63 Å². The van der Waals surface area contributed by atoms with Crippen LogP contribution in [-0.4, -0.2) is 11.1 Å². The number of nitrogens with one attached hydrogen (secondary N) is 1. The van der Waals surface area contributed by atoms with E-state index in [1.54, 1.807) is 0 Å². The molecule has 0 saturated carbocycles.